The van der Waals surface area contributed by atoms with Crippen molar-refractivity contribution < 1.29 is 26.4 Å². The van der Waals surface area contributed by atoms with Gasteiger partial charge in [0.15, 0.2) is 15.5 Å². The zero-order chi connectivity index (χ0) is 22.8. The fraction of sp³-hybridized carbons (Fsp3) is 0.444. The molecule has 0 saturated carbocycles. The Morgan fingerprint density at radius 3 is 2.55 bits per heavy atom. The van der Waals surface area contributed by atoms with Crippen LogP contribution in [0.4, 0.5) is 18.9 Å². The molecule has 0 spiro atoms. The zero-order valence-corrected chi connectivity index (χ0v) is 17.9. The molecule has 3 rings (SSSR count). The van der Waals surface area contributed by atoms with Crippen molar-refractivity contribution in [3.05, 3.63) is 46.2 Å². The van der Waals surface area contributed by atoms with Gasteiger partial charge in [0.05, 0.1) is 11.5 Å². The minimum atomic E-state index is -4.66. The molecule has 0 atom stereocenters. The molecule has 0 bridgehead atoms. The predicted octanol–water partition coefficient (Wildman–Crippen LogP) is 2.04. The second-order valence-electron chi connectivity index (χ2n) is 7.19. The molecule has 1 saturated heterocycles. The zero-order valence-electron chi connectivity index (χ0n) is 16.3. The molecule has 1 amide bonds. The molecule has 2 aromatic rings. The Morgan fingerprint density at radius 1 is 1.29 bits per heavy atom. The third-order valence-corrected chi connectivity index (χ3v) is 6.98. The van der Waals surface area contributed by atoms with Gasteiger partial charge < -0.3 is 10.6 Å². The number of aromatic nitrogens is 2. The van der Waals surface area contributed by atoms with Gasteiger partial charge in [-0.05, 0) is 12.1 Å². The molecule has 1 fully saturated rings. The molecule has 31 heavy (non-hydrogen) atoms. The van der Waals surface area contributed by atoms with Gasteiger partial charge in [-0.1, -0.05) is 17.7 Å². The van der Waals surface area contributed by atoms with E-state index in [-0.39, 0.29) is 30.3 Å². The smallest absolute Gasteiger partial charge is 0.398 e. The Morgan fingerprint density at radius 2 is 1.97 bits per heavy atom. The summed E-state index contributed by atoms with van der Waals surface area (Å²) in [5, 5.41) is 5.66. The maximum atomic E-state index is 13.0. The minimum Gasteiger partial charge on any atom is -0.398 e. The monoisotopic (exact) mass is 479 g/mol. The number of halogens is 4. The van der Waals surface area contributed by atoms with Crippen LogP contribution in [0.3, 0.4) is 0 Å². The van der Waals surface area contributed by atoms with Gasteiger partial charge in [0.2, 0.25) is 0 Å². The number of nitrogens with one attached hydrogen (secondary N) is 1. The Balaban J connectivity index is 1.80. The summed E-state index contributed by atoms with van der Waals surface area (Å²) in [4.78, 5) is 16.1. The molecule has 3 N–H and O–H groups in total. The highest BCUT2D eigenvalue weighted by molar-refractivity contribution is 7.91. The highest BCUT2D eigenvalue weighted by Gasteiger charge is 2.34. The molecule has 1 aliphatic rings. The number of sulfone groups is 1. The number of aromatic amines is 1. The summed E-state index contributed by atoms with van der Waals surface area (Å²) in [5.41, 5.74) is 5.25. The molecule has 1 aromatic heterocycles. The lowest BCUT2D eigenvalue weighted by molar-refractivity contribution is -0.141. The van der Waals surface area contributed by atoms with Gasteiger partial charge in [0, 0.05) is 55.1 Å². The molecule has 0 aliphatic carbocycles. The molecule has 2 heterocycles. The van der Waals surface area contributed by atoms with E-state index in [2.05, 4.69) is 5.10 Å². The van der Waals surface area contributed by atoms with Crippen LogP contribution in [0.5, 0.6) is 0 Å². The van der Waals surface area contributed by atoms with Crippen molar-refractivity contribution in [1.82, 2.24) is 20.0 Å². The van der Waals surface area contributed by atoms with E-state index in [0.29, 0.717) is 42.0 Å². The van der Waals surface area contributed by atoms with E-state index >= 15 is 0 Å². The number of anilines is 1. The third-order valence-electron chi connectivity index (χ3n) is 5.02. The maximum absolute atomic E-state index is 13.0. The van der Waals surface area contributed by atoms with E-state index in [1.807, 2.05) is 10.00 Å². The van der Waals surface area contributed by atoms with Crippen molar-refractivity contribution in [2.75, 3.05) is 43.4 Å². The molecule has 0 radical (unpaired) electrons. The van der Waals surface area contributed by atoms with Crippen LogP contribution in [-0.2, 0) is 22.6 Å². The molecule has 8 nitrogen and oxygen atoms in total. The largest absolute Gasteiger partial charge is 0.432 e. The SMILES string of the molecule is Nc1cccc(Cl)c1CN(CCN1CCS(=O)(=O)CC1)C(=O)c1cc(C(F)(F)F)[nH]n1. The van der Waals surface area contributed by atoms with E-state index in [1.165, 1.54) is 4.90 Å². The standard InChI is InChI=1S/C18H21ClF3N5O3S/c19-13-2-1-3-14(23)12(13)11-27(5-4-26-6-8-31(29,30)9-7-26)17(28)15-10-16(25-24-15)18(20,21)22/h1-3,10H,4-9,11,23H2,(H,24,25). The van der Waals surface area contributed by atoms with Crippen LogP contribution in [0, 0.1) is 0 Å². The average Bonchev–Trinajstić information content (AvgIpc) is 3.18. The number of carbonyl (C=O) groups is 1. The summed E-state index contributed by atoms with van der Waals surface area (Å²) in [5.74, 6) is -0.685. The van der Waals surface area contributed by atoms with Crippen LogP contribution in [0.1, 0.15) is 21.7 Å². The average molecular weight is 480 g/mol. The summed E-state index contributed by atoms with van der Waals surface area (Å²) in [7, 11) is -3.06. The van der Waals surface area contributed by atoms with Crippen molar-refractivity contribution in [3.63, 3.8) is 0 Å². The number of hydrogen-bond acceptors (Lipinski definition) is 6. The van der Waals surface area contributed by atoms with Gasteiger partial charge in [-0.25, -0.2) is 8.42 Å². The van der Waals surface area contributed by atoms with Crippen LogP contribution < -0.4 is 5.73 Å². The van der Waals surface area contributed by atoms with Gasteiger partial charge in [0.1, 0.15) is 5.69 Å². The van der Waals surface area contributed by atoms with E-state index < -0.39 is 27.6 Å². The number of H-pyrrole nitrogens is 1. The first-order chi connectivity index (χ1) is 14.5. The predicted molar refractivity (Wildman–Crippen MR) is 109 cm³/mol. The molecule has 170 valence electrons. The van der Waals surface area contributed by atoms with Gasteiger partial charge >= 0.3 is 6.18 Å². The van der Waals surface area contributed by atoms with E-state index in [4.69, 9.17) is 17.3 Å². The number of amides is 1. The Labute approximate surface area is 182 Å². The lowest BCUT2D eigenvalue weighted by Crippen LogP contribution is -2.45. The number of benzene rings is 1. The highest BCUT2D eigenvalue weighted by atomic mass is 35.5. The fourth-order valence-corrected chi connectivity index (χ4v) is 4.68. The number of carbonyl (C=O) groups excluding carboxylic acids is 1. The third kappa shape index (κ3) is 5.89. The van der Waals surface area contributed by atoms with Crippen LogP contribution in [0.2, 0.25) is 5.02 Å². The number of hydrogen-bond donors (Lipinski definition) is 2. The lowest BCUT2D eigenvalue weighted by atomic mass is 10.1. The minimum absolute atomic E-state index is 0.0206. The molecule has 1 aromatic carbocycles. The second-order valence-corrected chi connectivity index (χ2v) is 9.90. The maximum Gasteiger partial charge on any atom is 0.432 e. The summed E-state index contributed by atoms with van der Waals surface area (Å²) in [6.07, 6.45) is -4.66. The first kappa shape index (κ1) is 23.4. The second kappa shape index (κ2) is 9.05. The summed E-state index contributed by atoms with van der Waals surface area (Å²) in [6.45, 7) is 1.06. The molecular formula is C18H21ClF3N5O3S. The fourth-order valence-electron chi connectivity index (χ4n) is 3.16. The normalized spacial score (nSPS) is 16.9. The summed E-state index contributed by atoms with van der Waals surface area (Å²) in [6, 6.07) is 5.50. The van der Waals surface area contributed by atoms with Gasteiger partial charge in [-0.15, -0.1) is 0 Å². The topological polar surface area (TPSA) is 112 Å². The first-order valence-corrected chi connectivity index (χ1v) is 11.5. The number of alkyl halides is 3. The number of nitrogens with zero attached hydrogens (tertiary/aromatic N) is 3. The van der Waals surface area contributed by atoms with Gasteiger partial charge in [0.25, 0.3) is 5.91 Å². The Hall–Kier alpha value is -2.31. The number of nitrogen functional groups attached to an aromatic ring is 1. The molecular weight excluding hydrogens is 459 g/mol. The van der Waals surface area contributed by atoms with Crippen molar-refractivity contribution in [1.29, 1.82) is 0 Å². The number of rotatable bonds is 6. The molecule has 0 unspecified atom stereocenters. The Bertz CT molecular complexity index is 1020. The molecule has 1 aliphatic heterocycles. The highest BCUT2D eigenvalue weighted by Crippen LogP contribution is 2.28. The van der Waals surface area contributed by atoms with Crippen molar-refractivity contribution in [3.8, 4) is 0 Å². The van der Waals surface area contributed by atoms with Crippen LogP contribution in [0.15, 0.2) is 24.3 Å². The first-order valence-electron chi connectivity index (χ1n) is 9.34. The quantitative estimate of drug-likeness (QED) is 0.613. The van der Waals surface area contributed by atoms with Gasteiger partial charge in [-0.2, -0.15) is 18.3 Å². The Kier molecular flexibility index (Phi) is 6.82. The van der Waals surface area contributed by atoms with E-state index in [9.17, 15) is 26.4 Å². The number of nitrogens with two attached hydrogens (primary N) is 1. The van der Waals surface area contributed by atoms with Crippen LogP contribution in [-0.4, -0.2) is 72.0 Å². The van der Waals surface area contributed by atoms with Crippen LogP contribution in [0.25, 0.3) is 0 Å². The van der Waals surface area contributed by atoms with Crippen molar-refractivity contribution in [2.45, 2.75) is 12.7 Å². The van der Waals surface area contributed by atoms with Crippen LogP contribution >= 0.6 is 11.6 Å². The van der Waals surface area contributed by atoms with Gasteiger partial charge in [-0.3, -0.25) is 14.8 Å². The summed E-state index contributed by atoms with van der Waals surface area (Å²) < 4.78 is 61.9. The van der Waals surface area contributed by atoms with E-state index in [0.717, 1.165) is 0 Å². The van der Waals surface area contributed by atoms with Crippen molar-refractivity contribution >= 4 is 33.0 Å². The lowest BCUT2D eigenvalue weighted by Gasteiger charge is -2.30. The van der Waals surface area contributed by atoms with E-state index in [1.54, 1.807) is 18.2 Å². The van der Waals surface area contributed by atoms with Crippen molar-refractivity contribution in [2.24, 2.45) is 0 Å². The molecule has 13 heteroatoms. The summed E-state index contributed by atoms with van der Waals surface area (Å²) >= 11 is 6.20.